The minimum atomic E-state index is 0.598. The van der Waals surface area contributed by atoms with Crippen LogP contribution in [0.25, 0.3) is 39.7 Å². The maximum Gasteiger partial charge on any atom is 0.235 e. The van der Waals surface area contributed by atoms with Gasteiger partial charge in [-0.05, 0) is 36.8 Å². The second-order valence-corrected chi connectivity index (χ2v) is 7.65. The molecule has 0 aliphatic rings. The van der Waals surface area contributed by atoms with Gasteiger partial charge in [0, 0.05) is 10.9 Å². The monoisotopic (exact) mass is 418 g/mol. The van der Waals surface area contributed by atoms with Crippen molar-refractivity contribution in [2.24, 2.45) is 0 Å². The van der Waals surface area contributed by atoms with Gasteiger partial charge in [0.1, 0.15) is 10.6 Å². The highest BCUT2D eigenvalue weighted by Crippen LogP contribution is 2.33. The first-order valence-electron chi connectivity index (χ1n) is 9.29. The van der Waals surface area contributed by atoms with Crippen molar-refractivity contribution in [1.29, 1.82) is 0 Å². The molecule has 0 aliphatic carbocycles. The Morgan fingerprint density at radius 2 is 1.83 bits per heavy atom. The van der Waals surface area contributed by atoms with Crippen LogP contribution in [0.5, 0.6) is 11.5 Å². The van der Waals surface area contributed by atoms with Gasteiger partial charge in [0.05, 0.1) is 14.2 Å². The third kappa shape index (κ3) is 3.02. The summed E-state index contributed by atoms with van der Waals surface area (Å²) in [7, 11) is 3.24. The highest BCUT2D eigenvalue weighted by molar-refractivity contribution is 7.17. The molecule has 0 spiro atoms. The fourth-order valence-electron chi connectivity index (χ4n) is 3.35. The van der Waals surface area contributed by atoms with Crippen molar-refractivity contribution in [3.63, 3.8) is 0 Å². The number of para-hydroxylation sites is 1. The summed E-state index contributed by atoms with van der Waals surface area (Å²) >= 11 is 1.46. The molecule has 0 saturated carbocycles. The molecule has 0 radical (unpaired) electrons. The minimum absolute atomic E-state index is 0.598. The number of aryl methyl sites for hydroxylation is 1. The summed E-state index contributed by atoms with van der Waals surface area (Å²) in [4.78, 5) is 0.705. The van der Waals surface area contributed by atoms with Crippen LogP contribution in [-0.2, 0) is 0 Å². The quantitative estimate of drug-likeness (QED) is 0.396. The number of hydrogen-bond donors (Lipinski definition) is 0. The molecule has 0 atom stereocenters. The third-order valence-electron chi connectivity index (χ3n) is 4.88. The van der Waals surface area contributed by atoms with Crippen LogP contribution in [0.4, 0.5) is 0 Å². The third-order valence-corrected chi connectivity index (χ3v) is 5.74. The minimum Gasteiger partial charge on any atom is -0.493 e. The summed E-state index contributed by atoms with van der Waals surface area (Å²) in [5.41, 5.74) is 2.83. The van der Waals surface area contributed by atoms with Gasteiger partial charge in [-0.2, -0.15) is 9.61 Å². The number of ether oxygens (including phenoxy) is 2. The van der Waals surface area contributed by atoms with Crippen molar-refractivity contribution in [2.75, 3.05) is 14.2 Å². The van der Waals surface area contributed by atoms with Crippen molar-refractivity contribution in [2.45, 2.75) is 6.92 Å². The van der Waals surface area contributed by atoms with Gasteiger partial charge >= 0.3 is 0 Å². The molecule has 2 aromatic carbocycles. The summed E-state index contributed by atoms with van der Waals surface area (Å²) in [6.45, 7) is 2.02. The maximum atomic E-state index is 6.03. The van der Waals surface area contributed by atoms with Crippen LogP contribution in [-0.4, -0.2) is 34.0 Å². The van der Waals surface area contributed by atoms with Gasteiger partial charge in [-0.25, -0.2) is 0 Å². The van der Waals surface area contributed by atoms with Crippen molar-refractivity contribution in [3.05, 3.63) is 58.6 Å². The lowest BCUT2D eigenvalue weighted by Crippen LogP contribution is -1.91. The Kier molecular flexibility index (Phi) is 4.48. The SMILES string of the molecule is COc1ccc(/C=C/c2nn3c(-c4oc5ccccc5c4C)nnc3s2)cc1OC. The predicted molar refractivity (Wildman–Crippen MR) is 117 cm³/mol. The zero-order valence-corrected chi connectivity index (χ0v) is 17.4. The summed E-state index contributed by atoms with van der Waals surface area (Å²) in [5.74, 6) is 2.66. The zero-order chi connectivity index (χ0) is 20.7. The smallest absolute Gasteiger partial charge is 0.235 e. The summed E-state index contributed by atoms with van der Waals surface area (Å²) in [6.07, 6.45) is 3.91. The lowest BCUT2D eigenvalue weighted by Gasteiger charge is -2.07. The number of methoxy groups -OCH3 is 2. The molecule has 5 rings (SSSR count). The van der Waals surface area contributed by atoms with Gasteiger partial charge in [0.25, 0.3) is 0 Å². The molecule has 0 bridgehead atoms. The number of benzene rings is 2. The van der Waals surface area contributed by atoms with E-state index < -0.39 is 0 Å². The highest BCUT2D eigenvalue weighted by atomic mass is 32.1. The summed E-state index contributed by atoms with van der Waals surface area (Å²) in [6, 6.07) is 13.7. The van der Waals surface area contributed by atoms with Gasteiger partial charge in [0.15, 0.2) is 17.3 Å². The molecule has 3 aromatic heterocycles. The first-order chi connectivity index (χ1) is 14.7. The van der Waals surface area contributed by atoms with Crippen LogP contribution in [0.1, 0.15) is 16.1 Å². The van der Waals surface area contributed by atoms with Crippen LogP contribution in [0.15, 0.2) is 46.9 Å². The Morgan fingerprint density at radius 1 is 1.00 bits per heavy atom. The van der Waals surface area contributed by atoms with Crippen LogP contribution < -0.4 is 9.47 Å². The molecule has 30 heavy (non-hydrogen) atoms. The van der Waals surface area contributed by atoms with E-state index in [1.165, 1.54) is 11.3 Å². The van der Waals surface area contributed by atoms with Gasteiger partial charge in [-0.15, -0.1) is 10.2 Å². The number of nitrogens with zero attached hydrogens (tertiary/aromatic N) is 4. The summed E-state index contributed by atoms with van der Waals surface area (Å²) in [5, 5.41) is 15.1. The fourth-order valence-corrected chi connectivity index (χ4v) is 4.09. The summed E-state index contributed by atoms with van der Waals surface area (Å²) < 4.78 is 18.4. The van der Waals surface area contributed by atoms with E-state index in [0.29, 0.717) is 28.0 Å². The molecule has 5 aromatic rings. The topological polar surface area (TPSA) is 74.7 Å². The molecule has 8 heteroatoms. The molecule has 0 unspecified atom stereocenters. The lowest BCUT2D eigenvalue weighted by atomic mass is 10.1. The molecular formula is C22H18N4O3S. The lowest BCUT2D eigenvalue weighted by molar-refractivity contribution is 0.355. The second kappa shape index (κ2) is 7.31. The van der Waals surface area contributed by atoms with Crippen molar-refractivity contribution in [1.82, 2.24) is 19.8 Å². The van der Waals surface area contributed by atoms with Crippen molar-refractivity contribution >= 4 is 39.4 Å². The second-order valence-electron chi connectivity index (χ2n) is 6.66. The molecule has 0 amide bonds. The predicted octanol–water partition coefficient (Wildman–Crippen LogP) is 5.10. The van der Waals surface area contributed by atoms with E-state index in [2.05, 4.69) is 15.3 Å². The molecule has 7 nitrogen and oxygen atoms in total. The molecule has 0 fully saturated rings. The van der Waals surface area contributed by atoms with E-state index in [1.54, 1.807) is 18.7 Å². The molecular weight excluding hydrogens is 400 g/mol. The van der Waals surface area contributed by atoms with E-state index in [1.807, 2.05) is 61.5 Å². The fraction of sp³-hybridized carbons (Fsp3) is 0.136. The number of furan rings is 1. The Morgan fingerprint density at radius 3 is 2.63 bits per heavy atom. The number of aromatic nitrogens is 4. The van der Waals surface area contributed by atoms with E-state index in [0.717, 1.165) is 27.1 Å². The van der Waals surface area contributed by atoms with Crippen LogP contribution in [0.2, 0.25) is 0 Å². The Labute approximate surface area is 176 Å². The maximum absolute atomic E-state index is 6.03. The van der Waals surface area contributed by atoms with Gasteiger partial charge < -0.3 is 13.9 Å². The Hall–Kier alpha value is -3.65. The number of hydrogen-bond acceptors (Lipinski definition) is 7. The van der Waals surface area contributed by atoms with Crippen LogP contribution in [0.3, 0.4) is 0 Å². The molecule has 0 saturated heterocycles. The standard InChI is InChI=1S/C22H18N4O3S/c1-13-15-6-4-5-7-16(15)29-20(13)21-23-24-22-26(21)25-19(30-22)11-9-14-8-10-17(27-2)18(12-14)28-3/h4-12H,1-3H3/b11-9+. The number of fused-ring (bicyclic) bond motifs is 2. The van der Waals surface area contributed by atoms with E-state index >= 15 is 0 Å². The Balaban J connectivity index is 1.50. The number of rotatable bonds is 5. The van der Waals surface area contributed by atoms with E-state index in [4.69, 9.17) is 13.9 Å². The highest BCUT2D eigenvalue weighted by Gasteiger charge is 2.19. The molecule has 0 N–H and O–H groups in total. The van der Waals surface area contributed by atoms with Crippen LogP contribution >= 0.6 is 11.3 Å². The van der Waals surface area contributed by atoms with Gasteiger partial charge in [0.2, 0.25) is 10.8 Å². The van der Waals surface area contributed by atoms with E-state index in [-0.39, 0.29) is 0 Å². The van der Waals surface area contributed by atoms with Crippen LogP contribution in [0, 0.1) is 6.92 Å². The van der Waals surface area contributed by atoms with Crippen molar-refractivity contribution < 1.29 is 13.9 Å². The normalized spacial score (nSPS) is 11.7. The van der Waals surface area contributed by atoms with E-state index in [9.17, 15) is 0 Å². The van der Waals surface area contributed by atoms with Crippen molar-refractivity contribution in [3.8, 4) is 23.1 Å². The Bertz CT molecular complexity index is 1400. The average molecular weight is 418 g/mol. The molecule has 3 heterocycles. The first kappa shape index (κ1) is 18.4. The zero-order valence-electron chi connectivity index (χ0n) is 16.6. The average Bonchev–Trinajstić information content (AvgIpc) is 3.45. The molecule has 0 aliphatic heterocycles. The molecule has 150 valence electrons. The van der Waals surface area contributed by atoms with Gasteiger partial charge in [-0.3, -0.25) is 0 Å². The van der Waals surface area contributed by atoms with Gasteiger partial charge in [-0.1, -0.05) is 41.7 Å². The first-order valence-corrected chi connectivity index (χ1v) is 10.1. The largest absolute Gasteiger partial charge is 0.493 e.